The molecule has 0 aromatic heterocycles. The van der Waals surface area contributed by atoms with Crippen molar-refractivity contribution >= 4 is 23.2 Å². The van der Waals surface area contributed by atoms with Crippen molar-refractivity contribution < 1.29 is 0 Å². The van der Waals surface area contributed by atoms with Gasteiger partial charge >= 0.3 is 0 Å². The fourth-order valence-corrected chi connectivity index (χ4v) is 2.72. The van der Waals surface area contributed by atoms with Crippen LogP contribution in [0.5, 0.6) is 0 Å². The van der Waals surface area contributed by atoms with E-state index in [1.807, 2.05) is 19.1 Å². The number of halogens is 2. The van der Waals surface area contributed by atoms with Crippen LogP contribution in [0.25, 0.3) is 0 Å². The molecule has 1 aromatic carbocycles. The molecule has 0 saturated carbocycles. The Morgan fingerprint density at radius 3 is 3.00 bits per heavy atom. The molecule has 16 heavy (non-hydrogen) atoms. The van der Waals surface area contributed by atoms with Crippen LogP contribution in [-0.2, 0) is 6.42 Å². The molecule has 3 heteroatoms. The van der Waals surface area contributed by atoms with Crippen LogP contribution in [0.3, 0.4) is 0 Å². The van der Waals surface area contributed by atoms with Crippen LogP contribution < -0.4 is 5.32 Å². The van der Waals surface area contributed by atoms with Gasteiger partial charge in [0, 0.05) is 16.1 Å². The van der Waals surface area contributed by atoms with Crippen LogP contribution in [0.4, 0.5) is 0 Å². The summed E-state index contributed by atoms with van der Waals surface area (Å²) >= 11 is 12.2. The van der Waals surface area contributed by atoms with Crippen LogP contribution in [0, 0.1) is 11.8 Å². The van der Waals surface area contributed by atoms with E-state index in [1.165, 1.54) is 11.1 Å². The Kier molecular flexibility index (Phi) is 3.76. The number of hydrogen-bond acceptors (Lipinski definition) is 1. The van der Waals surface area contributed by atoms with Gasteiger partial charge in [0.05, 0.1) is 6.54 Å². The summed E-state index contributed by atoms with van der Waals surface area (Å²) < 4.78 is 0. The Morgan fingerprint density at radius 2 is 2.25 bits per heavy atom. The Labute approximate surface area is 106 Å². The lowest BCUT2D eigenvalue weighted by molar-refractivity contribution is 0.568. The van der Waals surface area contributed by atoms with E-state index in [2.05, 4.69) is 17.2 Å². The van der Waals surface area contributed by atoms with Gasteiger partial charge in [0.2, 0.25) is 0 Å². The quantitative estimate of drug-likeness (QED) is 0.795. The lowest BCUT2D eigenvalue weighted by atomic mass is 10.1. The second-order valence-corrected chi connectivity index (χ2v) is 4.70. The average molecular weight is 254 g/mol. The predicted molar refractivity (Wildman–Crippen MR) is 69.0 cm³/mol. The van der Waals surface area contributed by atoms with Gasteiger partial charge in [-0.2, -0.15) is 0 Å². The standard InChI is InChI=1S/C13H13Cl2N/c1-2-3-6-16-13-5-4-10-11(13)7-9(14)8-12(10)15/h7-8,13,16H,4-6H2,1H3. The van der Waals surface area contributed by atoms with Crippen LogP contribution in [-0.4, -0.2) is 6.54 Å². The number of rotatable bonds is 2. The number of nitrogens with one attached hydrogen (secondary N) is 1. The highest BCUT2D eigenvalue weighted by atomic mass is 35.5. The van der Waals surface area contributed by atoms with Gasteiger partial charge < -0.3 is 0 Å². The molecule has 1 aliphatic rings. The minimum atomic E-state index is 0.340. The van der Waals surface area contributed by atoms with Crippen LogP contribution in [0.15, 0.2) is 12.1 Å². The molecule has 0 spiro atoms. The molecular formula is C13H13Cl2N. The highest BCUT2D eigenvalue weighted by molar-refractivity contribution is 6.35. The molecule has 0 amide bonds. The molecule has 1 N–H and O–H groups in total. The fourth-order valence-electron chi connectivity index (χ4n) is 2.12. The van der Waals surface area contributed by atoms with Gasteiger partial charge in [-0.25, -0.2) is 0 Å². The zero-order valence-electron chi connectivity index (χ0n) is 9.11. The first-order valence-electron chi connectivity index (χ1n) is 5.33. The highest BCUT2D eigenvalue weighted by Crippen LogP contribution is 2.37. The molecule has 0 bridgehead atoms. The van der Waals surface area contributed by atoms with Crippen molar-refractivity contribution in [2.45, 2.75) is 25.8 Å². The molecular weight excluding hydrogens is 241 g/mol. The zero-order chi connectivity index (χ0) is 11.5. The maximum absolute atomic E-state index is 6.16. The fraction of sp³-hybridized carbons (Fsp3) is 0.385. The summed E-state index contributed by atoms with van der Waals surface area (Å²) in [6.07, 6.45) is 2.09. The molecule has 0 radical (unpaired) electrons. The van der Waals surface area contributed by atoms with E-state index in [4.69, 9.17) is 23.2 Å². The van der Waals surface area contributed by atoms with E-state index in [9.17, 15) is 0 Å². The largest absolute Gasteiger partial charge is 0.299 e. The Hall–Kier alpha value is -0.680. The minimum Gasteiger partial charge on any atom is -0.299 e. The van der Waals surface area contributed by atoms with Crippen molar-refractivity contribution in [2.24, 2.45) is 0 Å². The molecule has 1 atom stereocenters. The van der Waals surface area contributed by atoms with Gasteiger partial charge in [0.25, 0.3) is 0 Å². The van der Waals surface area contributed by atoms with Crippen molar-refractivity contribution in [1.29, 1.82) is 0 Å². The Morgan fingerprint density at radius 1 is 1.44 bits per heavy atom. The van der Waals surface area contributed by atoms with E-state index < -0.39 is 0 Å². The molecule has 84 valence electrons. The van der Waals surface area contributed by atoms with E-state index in [0.29, 0.717) is 17.6 Å². The third kappa shape index (κ3) is 2.35. The summed E-state index contributed by atoms with van der Waals surface area (Å²) in [7, 11) is 0. The second kappa shape index (κ2) is 5.10. The van der Waals surface area contributed by atoms with E-state index >= 15 is 0 Å². The van der Waals surface area contributed by atoms with Crippen molar-refractivity contribution in [2.75, 3.05) is 6.54 Å². The lowest BCUT2D eigenvalue weighted by Crippen LogP contribution is -2.19. The number of fused-ring (bicyclic) bond motifs is 1. The van der Waals surface area contributed by atoms with E-state index in [1.54, 1.807) is 0 Å². The first-order valence-corrected chi connectivity index (χ1v) is 6.08. The zero-order valence-corrected chi connectivity index (χ0v) is 10.6. The SMILES string of the molecule is CC#CCNC1CCc2c(Cl)cc(Cl)cc21. The summed E-state index contributed by atoms with van der Waals surface area (Å²) in [5.74, 6) is 5.88. The molecule has 1 aromatic rings. The van der Waals surface area contributed by atoms with Gasteiger partial charge in [-0.3, -0.25) is 5.32 Å². The summed E-state index contributed by atoms with van der Waals surface area (Å²) in [5, 5.41) is 4.90. The lowest BCUT2D eigenvalue weighted by Gasteiger charge is -2.12. The molecule has 0 aliphatic heterocycles. The van der Waals surface area contributed by atoms with Gasteiger partial charge in [-0.05, 0) is 43.0 Å². The first kappa shape index (κ1) is 11.8. The predicted octanol–water partition coefficient (Wildman–Crippen LogP) is 3.59. The Balaban J connectivity index is 2.20. The Bertz CT molecular complexity index is 457. The molecule has 1 unspecified atom stereocenters. The second-order valence-electron chi connectivity index (χ2n) is 3.85. The van der Waals surface area contributed by atoms with Gasteiger partial charge in [0.1, 0.15) is 0 Å². The van der Waals surface area contributed by atoms with Gasteiger partial charge in [-0.15, -0.1) is 5.92 Å². The summed E-state index contributed by atoms with van der Waals surface area (Å²) in [6.45, 7) is 2.56. The molecule has 1 aliphatic carbocycles. The van der Waals surface area contributed by atoms with Crippen LogP contribution in [0.1, 0.15) is 30.5 Å². The smallest absolute Gasteiger partial charge is 0.0581 e. The minimum absolute atomic E-state index is 0.340. The van der Waals surface area contributed by atoms with E-state index in [-0.39, 0.29) is 0 Å². The van der Waals surface area contributed by atoms with Crippen LogP contribution in [0.2, 0.25) is 10.0 Å². The third-order valence-corrected chi connectivity index (χ3v) is 3.42. The van der Waals surface area contributed by atoms with Gasteiger partial charge in [0.15, 0.2) is 0 Å². The normalized spacial score (nSPS) is 17.8. The maximum atomic E-state index is 6.16. The van der Waals surface area contributed by atoms with Crippen molar-refractivity contribution in [3.63, 3.8) is 0 Å². The third-order valence-electron chi connectivity index (χ3n) is 2.87. The van der Waals surface area contributed by atoms with Crippen LogP contribution >= 0.6 is 23.2 Å². The summed E-state index contributed by atoms with van der Waals surface area (Å²) in [5.41, 5.74) is 2.46. The summed E-state index contributed by atoms with van der Waals surface area (Å²) in [4.78, 5) is 0. The number of benzene rings is 1. The molecule has 0 heterocycles. The highest BCUT2D eigenvalue weighted by Gasteiger charge is 2.24. The molecule has 2 rings (SSSR count). The molecule has 1 nitrogen and oxygen atoms in total. The molecule has 0 saturated heterocycles. The number of hydrogen-bond donors (Lipinski definition) is 1. The topological polar surface area (TPSA) is 12.0 Å². The average Bonchev–Trinajstić information content (AvgIpc) is 2.62. The monoisotopic (exact) mass is 253 g/mol. The van der Waals surface area contributed by atoms with Crippen molar-refractivity contribution in [1.82, 2.24) is 5.32 Å². The first-order chi connectivity index (χ1) is 7.72. The van der Waals surface area contributed by atoms with Crippen molar-refractivity contribution in [3.05, 3.63) is 33.3 Å². The molecule has 0 fully saturated rings. The maximum Gasteiger partial charge on any atom is 0.0581 e. The van der Waals surface area contributed by atoms with Crippen molar-refractivity contribution in [3.8, 4) is 11.8 Å². The van der Waals surface area contributed by atoms with E-state index in [0.717, 1.165) is 17.9 Å². The van der Waals surface area contributed by atoms with Gasteiger partial charge in [-0.1, -0.05) is 29.1 Å². The summed E-state index contributed by atoms with van der Waals surface area (Å²) in [6, 6.07) is 4.16.